The number of fused-ring (bicyclic) bond motifs is 9. The van der Waals surface area contributed by atoms with E-state index in [1.807, 2.05) is 24.5 Å². The van der Waals surface area contributed by atoms with Gasteiger partial charge in [0.1, 0.15) is 5.82 Å². The van der Waals surface area contributed by atoms with Crippen LogP contribution in [0.5, 0.6) is 0 Å². The molecule has 5 heteroatoms. The highest BCUT2D eigenvalue weighted by molar-refractivity contribution is 6.21. The molecule has 0 saturated carbocycles. The van der Waals surface area contributed by atoms with Gasteiger partial charge in [-0.3, -0.25) is 9.97 Å². The highest BCUT2D eigenvalue weighted by Crippen LogP contribution is 2.37. The Morgan fingerprint density at radius 3 is 2.09 bits per heavy atom. The predicted molar refractivity (Wildman–Crippen MR) is 140 cm³/mol. The highest BCUT2D eigenvalue weighted by atomic mass is 15.1. The van der Waals surface area contributed by atoms with Gasteiger partial charge in [0, 0.05) is 63.6 Å². The van der Waals surface area contributed by atoms with Crippen LogP contribution in [0.3, 0.4) is 0 Å². The lowest BCUT2D eigenvalue weighted by atomic mass is 10.1. The highest BCUT2D eigenvalue weighted by Gasteiger charge is 2.20. The molecule has 0 aliphatic carbocycles. The van der Waals surface area contributed by atoms with Crippen molar-refractivity contribution in [1.82, 2.24) is 24.1 Å². The number of pyridine rings is 2. The third-order valence-corrected chi connectivity index (χ3v) is 6.98. The average Bonchev–Trinajstić information content (AvgIpc) is 3.44. The van der Waals surface area contributed by atoms with Gasteiger partial charge in [-0.2, -0.15) is 0 Å². The number of imidazole rings is 1. The van der Waals surface area contributed by atoms with Crippen LogP contribution in [-0.4, -0.2) is 24.1 Å². The molecule has 0 unspecified atom stereocenters. The second-order valence-corrected chi connectivity index (χ2v) is 8.67. The van der Waals surface area contributed by atoms with Crippen LogP contribution < -0.4 is 0 Å². The topological polar surface area (TPSA) is 48.5 Å². The fraction of sp³-hybridized carbons (Fsp3) is 0.138. The minimum atomic E-state index is 0.816. The molecule has 34 heavy (non-hydrogen) atoms. The van der Waals surface area contributed by atoms with Gasteiger partial charge in [-0.05, 0) is 50.2 Å². The average molecular weight is 442 g/mol. The minimum absolute atomic E-state index is 0.816. The van der Waals surface area contributed by atoms with Crippen molar-refractivity contribution in [3.05, 3.63) is 79.1 Å². The number of benzene rings is 3. The van der Waals surface area contributed by atoms with Gasteiger partial charge in [0.05, 0.1) is 22.1 Å². The first-order chi connectivity index (χ1) is 16.8. The third-order valence-electron chi connectivity index (χ3n) is 6.98. The fourth-order valence-electron chi connectivity index (χ4n) is 5.54. The van der Waals surface area contributed by atoms with Crippen LogP contribution in [0.1, 0.15) is 13.8 Å². The van der Waals surface area contributed by atoms with Crippen molar-refractivity contribution < 1.29 is 0 Å². The Hall–Kier alpha value is -4.25. The van der Waals surface area contributed by atoms with Crippen molar-refractivity contribution in [3.63, 3.8) is 0 Å². The lowest BCUT2D eigenvalue weighted by Crippen LogP contribution is -1.99. The molecule has 0 fully saturated rings. The van der Waals surface area contributed by atoms with E-state index in [1.165, 1.54) is 21.8 Å². The van der Waals surface area contributed by atoms with Gasteiger partial charge in [0.25, 0.3) is 0 Å². The summed E-state index contributed by atoms with van der Waals surface area (Å²) in [7, 11) is 0. The molecule has 0 saturated heterocycles. The molecule has 0 N–H and O–H groups in total. The molecule has 164 valence electrons. The molecule has 0 bridgehead atoms. The van der Waals surface area contributed by atoms with E-state index >= 15 is 0 Å². The van der Waals surface area contributed by atoms with Crippen molar-refractivity contribution in [1.29, 1.82) is 0 Å². The molecular formula is C29H23N5. The number of nitrogens with zero attached hydrogens (tertiary/aromatic N) is 5. The van der Waals surface area contributed by atoms with Gasteiger partial charge in [-0.15, -0.1) is 0 Å². The van der Waals surface area contributed by atoms with Crippen molar-refractivity contribution in [3.8, 4) is 11.4 Å². The number of hydrogen-bond acceptors (Lipinski definition) is 3. The molecule has 0 aliphatic rings. The van der Waals surface area contributed by atoms with Crippen LogP contribution in [0, 0.1) is 0 Å². The molecule has 0 atom stereocenters. The standard InChI is InChI=1S/C29H23N5/c1-3-33-23-12-6-5-9-19(23)20-14-13-18(17-24(20)33)29-32-27-21-10-7-15-30-25(21)26-22(11-8-16-31-26)28(27)34(29)4-2/h5-17H,3-4H2,1-2H3. The number of hydrogen-bond donors (Lipinski definition) is 0. The first-order valence-corrected chi connectivity index (χ1v) is 11.8. The molecule has 0 amide bonds. The van der Waals surface area contributed by atoms with E-state index in [9.17, 15) is 0 Å². The zero-order valence-electron chi connectivity index (χ0n) is 19.2. The van der Waals surface area contributed by atoms with Crippen LogP contribution in [0.15, 0.2) is 79.1 Å². The van der Waals surface area contributed by atoms with E-state index in [0.29, 0.717) is 0 Å². The van der Waals surface area contributed by atoms with Gasteiger partial charge in [-0.25, -0.2) is 4.98 Å². The summed E-state index contributed by atoms with van der Waals surface area (Å²) in [6, 6.07) is 23.6. The van der Waals surface area contributed by atoms with E-state index in [0.717, 1.165) is 57.3 Å². The molecule has 3 aromatic carbocycles. The van der Waals surface area contributed by atoms with E-state index in [-0.39, 0.29) is 0 Å². The van der Waals surface area contributed by atoms with Crippen LogP contribution in [0.4, 0.5) is 0 Å². The predicted octanol–water partition coefficient (Wildman–Crippen LogP) is 6.95. The van der Waals surface area contributed by atoms with E-state index < -0.39 is 0 Å². The quantitative estimate of drug-likeness (QED) is 0.279. The molecule has 4 heterocycles. The molecule has 0 aliphatic heterocycles. The normalized spacial score (nSPS) is 12.1. The summed E-state index contributed by atoms with van der Waals surface area (Å²) < 4.78 is 4.72. The number of aryl methyl sites for hydroxylation is 2. The van der Waals surface area contributed by atoms with Crippen LogP contribution in [-0.2, 0) is 13.1 Å². The Morgan fingerprint density at radius 1 is 0.618 bits per heavy atom. The summed E-state index contributed by atoms with van der Waals surface area (Å²) in [6.07, 6.45) is 3.67. The Balaban J connectivity index is 1.60. The van der Waals surface area contributed by atoms with Gasteiger partial charge in [0.15, 0.2) is 0 Å². The second-order valence-electron chi connectivity index (χ2n) is 8.67. The molecule has 7 rings (SSSR count). The molecule has 5 nitrogen and oxygen atoms in total. The van der Waals surface area contributed by atoms with Crippen LogP contribution in [0.2, 0.25) is 0 Å². The van der Waals surface area contributed by atoms with E-state index in [4.69, 9.17) is 9.97 Å². The number of para-hydroxylation sites is 1. The third kappa shape index (κ3) is 2.47. The molecule has 0 spiro atoms. The van der Waals surface area contributed by atoms with Gasteiger partial charge >= 0.3 is 0 Å². The second kappa shape index (κ2) is 7.12. The summed E-state index contributed by atoms with van der Waals surface area (Å²) >= 11 is 0. The lowest BCUT2D eigenvalue weighted by Gasteiger charge is -2.10. The first-order valence-electron chi connectivity index (χ1n) is 11.8. The molecular weight excluding hydrogens is 418 g/mol. The van der Waals surface area contributed by atoms with Crippen molar-refractivity contribution in [2.75, 3.05) is 0 Å². The van der Waals surface area contributed by atoms with Gasteiger partial charge in [0.2, 0.25) is 0 Å². The summed E-state index contributed by atoms with van der Waals surface area (Å²) in [6.45, 7) is 6.13. The van der Waals surface area contributed by atoms with E-state index in [1.54, 1.807) is 0 Å². The Labute approximate surface area is 196 Å². The monoisotopic (exact) mass is 441 g/mol. The van der Waals surface area contributed by atoms with Crippen LogP contribution >= 0.6 is 0 Å². The smallest absolute Gasteiger partial charge is 0.141 e. The van der Waals surface area contributed by atoms with Crippen LogP contribution in [0.25, 0.3) is 66.0 Å². The molecule has 7 aromatic rings. The minimum Gasteiger partial charge on any atom is -0.341 e. The van der Waals surface area contributed by atoms with Gasteiger partial charge in [-0.1, -0.05) is 30.3 Å². The van der Waals surface area contributed by atoms with Gasteiger partial charge < -0.3 is 9.13 Å². The Bertz CT molecular complexity index is 1890. The summed E-state index contributed by atoms with van der Waals surface area (Å²) in [4.78, 5) is 14.6. The molecule has 0 radical (unpaired) electrons. The number of rotatable bonds is 3. The summed E-state index contributed by atoms with van der Waals surface area (Å²) in [5, 5.41) is 4.71. The van der Waals surface area contributed by atoms with E-state index in [2.05, 4.69) is 82.6 Å². The Kier molecular flexibility index (Phi) is 4.03. The summed E-state index contributed by atoms with van der Waals surface area (Å²) in [5.41, 5.74) is 7.57. The zero-order chi connectivity index (χ0) is 22.8. The summed E-state index contributed by atoms with van der Waals surface area (Å²) in [5.74, 6) is 0.980. The maximum Gasteiger partial charge on any atom is 0.141 e. The number of aromatic nitrogens is 5. The SMILES string of the molecule is CCn1c(-c2ccc3c4ccccc4n(CC)c3c2)nc2c3cccnc3c3ncccc3c21. The first kappa shape index (κ1) is 19.2. The van der Waals surface area contributed by atoms with Crippen molar-refractivity contribution >= 4 is 54.6 Å². The largest absolute Gasteiger partial charge is 0.341 e. The fourth-order valence-corrected chi connectivity index (χ4v) is 5.54. The molecule has 4 aromatic heterocycles. The van der Waals surface area contributed by atoms with Crippen molar-refractivity contribution in [2.24, 2.45) is 0 Å². The maximum absolute atomic E-state index is 5.23. The van der Waals surface area contributed by atoms with Crippen molar-refractivity contribution in [2.45, 2.75) is 26.9 Å². The zero-order valence-corrected chi connectivity index (χ0v) is 19.2. The Morgan fingerprint density at radius 2 is 1.29 bits per heavy atom. The lowest BCUT2D eigenvalue weighted by molar-refractivity contribution is 0.798. The maximum atomic E-state index is 5.23.